The number of piperidine rings is 1. The molecule has 2 aliphatic rings. The maximum absolute atomic E-state index is 13.2. The highest BCUT2D eigenvalue weighted by molar-refractivity contribution is 5.79. The van der Waals surface area contributed by atoms with Crippen molar-refractivity contribution in [1.82, 2.24) is 4.90 Å². The van der Waals surface area contributed by atoms with Crippen LogP contribution < -0.4 is 10.5 Å². The van der Waals surface area contributed by atoms with Gasteiger partial charge in [0, 0.05) is 31.0 Å². The summed E-state index contributed by atoms with van der Waals surface area (Å²) in [4.78, 5) is 2.31. The topological polar surface area (TPSA) is 62.3 Å². The summed E-state index contributed by atoms with van der Waals surface area (Å²) >= 11 is 0. The van der Waals surface area contributed by atoms with Crippen LogP contribution in [-0.4, -0.2) is 36.5 Å². The number of benzene rings is 1. The SMILES string of the molecule is N=C(N)C1CCCN(CC2Cc3cc(F)ccc3O2)C1. The first-order valence-electron chi connectivity index (χ1n) is 7.13. The van der Waals surface area contributed by atoms with E-state index in [-0.39, 0.29) is 23.7 Å². The van der Waals surface area contributed by atoms with E-state index in [0.29, 0.717) is 0 Å². The molecule has 3 rings (SSSR count). The zero-order valence-electron chi connectivity index (χ0n) is 11.4. The lowest BCUT2D eigenvalue weighted by Gasteiger charge is -2.33. The number of fused-ring (bicyclic) bond motifs is 1. The predicted molar refractivity (Wildman–Crippen MR) is 75.6 cm³/mol. The fourth-order valence-electron chi connectivity index (χ4n) is 3.15. The Labute approximate surface area is 118 Å². The van der Waals surface area contributed by atoms with Crippen LogP contribution in [0, 0.1) is 17.1 Å². The lowest BCUT2D eigenvalue weighted by molar-refractivity contribution is 0.124. The Morgan fingerprint density at radius 2 is 2.35 bits per heavy atom. The first kappa shape index (κ1) is 13.4. The molecule has 0 bridgehead atoms. The van der Waals surface area contributed by atoms with Crippen LogP contribution in [-0.2, 0) is 6.42 Å². The van der Waals surface area contributed by atoms with Gasteiger partial charge in [0.15, 0.2) is 0 Å². The Balaban J connectivity index is 1.59. The van der Waals surface area contributed by atoms with Gasteiger partial charge in [-0.15, -0.1) is 0 Å². The Morgan fingerprint density at radius 1 is 1.50 bits per heavy atom. The smallest absolute Gasteiger partial charge is 0.123 e. The van der Waals surface area contributed by atoms with Crippen LogP contribution in [0.25, 0.3) is 0 Å². The molecule has 0 aromatic heterocycles. The predicted octanol–water partition coefficient (Wildman–Crippen LogP) is 1.78. The molecule has 5 heteroatoms. The maximum atomic E-state index is 13.2. The minimum atomic E-state index is -0.206. The van der Waals surface area contributed by atoms with Gasteiger partial charge in [-0.05, 0) is 37.6 Å². The van der Waals surface area contributed by atoms with Gasteiger partial charge in [0.05, 0.1) is 5.84 Å². The van der Waals surface area contributed by atoms with E-state index >= 15 is 0 Å². The molecule has 20 heavy (non-hydrogen) atoms. The van der Waals surface area contributed by atoms with E-state index in [4.69, 9.17) is 15.9 Å². The average Bonchev–Trinajstić information content (AvgIpc) is 2.80. The molecule has 0 spiro atoms. The molecule has 108 valence electrons. The highest BCUT2D eigenvalue weighted by Gasteiger charge is 2.28. The summed E-state index contributed by atoms with van der Waals surface area (Å²) in [5.74, 6) is 1.05. The third kappa shape index (κ3) is 2.77. The van der Waals surface area contributed by atoms with Crippen molar-refractivity contribution in [2.45, 2.75) is 25.4 Å². The largest absolute Gasteiger partial charge is 0.488 e. The van der Waals surface area contributed by atoms with Gasteiger partial charge in [-0.3, -0.25) is 10.3 Å². The van der Waals surface area contributed by atoms with Crippen molar-refractivity contribution in [3.63, 3.8) is 0 Å². The van der Waals surface area contributed by atoms with Crippen molar-refractivity contribution >= 4 is 5.84 Å². The van der Waals surface area contributed by atoms with Crippen LogP contribution in [0.2, 0.25) is 0 Å². The number of hydrogen-bond donors (Lipinski definition) is 2. The second-order valence-corrected chi connectivity index (χ2v) is 5.75. The van der Waals surface area contributed by atoms with Crippen LogP contribution in [0.1, 0.15) is 18.4 Å². The normalized spacial score (nSPS) is 26.1. The van der Waals surface area contributed by atoms with E-state index < -0.39 is 0 Å². The summed E-state index contributed by atoms with van der Waals surface area (Å²) in [7, 11) is 0. The Kier molecular flexibility index (Phi) is 3.61. The van der Waals surface area contributed by atoms with Crippen LogP contribution in [0.5, 0.6) is 5.75 Å². The number of hydrogen-bond acceptors (Lipinski definition) is 3. The number of halogens is 1. The molecule has 2 unspecified atom stereocenters. The highest BCUT2D eigenvalue weighted by Crippen LogP contribution is 2.30. The molecule has 2 heterocycles. The van der Waals surface area contributed by atoms with E-state index in [1.165, 1.54) is 6.07 Å². The Hall–Kier alpha value is -1.62. The van der Waals surface area contributed by atoms with Gasteiger partial charge in [0.25, 0.3) is 0 Å². The minimum Gasteiger partial charge on any atom is -0.488 e. The number of nitrogens with one attached hydrogen (secondary N) is 1. The van der Waals surface area contributed by atoms with Gasteiger partial charge in [-0.25, -0.2) is 4.39 Å². The molecule has 1 aromatic rings. The van der Waals surface area contributed by atoms with E-state index in [2.05, 4.69) is 4.90 Å². The van der Waals surface area contributed by atoms with Gasteiger partial charge in [-0.2, -0.15) is 0 Å². The maximum Gasteiger partial charge on any atom is 0.123 e. The van der Waals surface area contributed by atoms with Crippen LogP contribution in [0.15, 0.2) is 18.2 Å². The standard InChI is InChI=1S/C15H20FN3O/c16-12-3-4-14-11(6-12)7-13(20-14)9-19-5-1-2-10(8-19)15(17)18/h3-4,6,10,13H,1-2,5,7-9H2,(H3,17,18). The Morgan fingerprint density at radius 3 is 3.15 bits per heavy atom. The zero-order valence-corrected chi connectivity index (χ0v) is 11.4. The van der Waals surface area contributed by atoms with Crippen molar-refractivity contribution < 1.29 is 9.13 Å². The summed E-state index contributed by atoms with van der Waals surface area (Å²) < 4.78 is 19.1. The zero-order chi connectivity index (χ0) is 14.1. The van der Waals surface area contributed by atoms with Gasteiger partial charge >= 0.3 is 0 Å². The average molecular weight is 277 g/mol. The molecule has 0 radical (unpaired) electrons. The molecular formula is C15H20FN3O. The lowest BCUT2D eigenvalue weighted by Crippen LogP contribution is -2.44. The molecule has 2 aliphatic heterocycles. The quantitative estimate of drug-likeness (QED) is 0.654. The molecule has 2 atom stereocenters. The number of nitrogens with zero attached hydrogens (tertiary/aromatic N) is 1. The third-order valence-electron chi connectivity index (χ3n) is 4.17. The van der Waals surface area contributed by atoms with E-state index in [0.717, 1.165) is 50.2 Å². The second kappa shape index (κ2) is 5.40. The highest BCUT2D eigenvalue weighted by atomic mass is 19.1. The molecule has 4 nitrogen and oxygen atoms in total. The van der Waals surface area contributed by atoms with E-state index in [1.807, 2.05) is 0 Å². The van der Waals surface area contributed by atoms with Gasteiger partial charge < -0.3 is 10.5 Å². The number of likely N-dealkylation sites (tertiary alicyclic amines) is 1. The second-order valence-electron chi connectivity index (χ2n) is 5.75. The van der Waals surface area contributed by atoms with E-state index in [9.17, 15) is 4.39 Å². The van der Waals surface area contributed by atoms with Crippen molar-refractivity contribution in [3.05, 3.63) is 29.6 Å². The fraction of sp³-hybridized carbons (Fsp3) is 0.533. The number of amidine groups is 1. The van der Waals surface area contributed by atoms with Gasteiger partial charge in [0.2, 0.25) is 0 Å². The number of ether oxygens (including phenoxy) is 1. The Bertz CT molecular complexity index is 520. The monoisotopic (exact) mass is 277 g/mol. The van der Waals surface area contributed by atoms with Gasteiger partial charge in [0.1, 0.15) is 17.7 Å². The van der Waals surface area contributed by atoms with Crippen molar-refractivity contribution in [3.8, 4) is 5.75 Å². The summed E-state index contributed by atoms with van der Waals surface area (Å²) in [5, 5.41) is 7.57. The fourth-order valence-corrected chi connectivity index (χ4v) is 3.15. The van der Waals surface area contributed by atoms with Crippen molar-refractivity contribution in [1.29, 1.82) is 5.41 Å². The van der Waals surface area contributed by atoms with Crippen LogP contribution in [0.3, 0.4) is 0 Å². The summed E-state index contributed by atoms with van der Waals surface area (Å²) in [6, 6.07) is 4.71. The van der Waals surface area contributed by atoms with Gasteiger partial charge in [-0.1, -0.05) is 0 Å². The molecular weight excluding hydrogens is 257 g/mol. The lowest BCUT2D eigenvalue weighted by atomic mass is 9.96. The number of rotatable bonds is 3. The third-order valence-corrected chi connectivity index (χ3v) is 4.17. The minimum absolute atomic E-state index is 0.0810. The molecule has 0 saturated carbocycles. The molecule has 3 N–H and O–H groups in total. The summed E-state index contributed by atoms with van der Waals surface area (Å²) in [6.07, 6.45) is 2.91. The van der Waals surface area contributed by atoms with Crippen LogP contribution >= 0.6 is 0 Å². The molecule has 1 saturated heterocycles. The van der Waals surface area contributed by atoms with Crippen molar-refractivity contribution in [2.75, 3.05) is 19.6 Å². The molecule has 1 fully saturated rings. The van der Waals surface area contributed by atoms with Crippen molar-refractivity contribution in [2.24, 2.45) is 11.7 Å². The summed E-state index contributed by atoms with van der Waals surface area (Å²) in [5.41, 5.74) is 6.56. The first-order valence-corrected chi connectivity index (χ1v) is 7.13. The number of nitrogens with two attached hydrogens (primary N) is 1. The van der Waals surface area contributed by atoms with E-state index in [1.54, 1.807) is 12.1 Å². The molecule has 0 amide bonds. The summed E-state index contributed by atoms with van der Waals surface area (Å²) in [6.45, 7) is 2.67. The first-order chi connectivity index (χ1) is 9.61. The molecule has 1 aromatic carbocycles. The van der Waals surface area contributed by atoms with Crippen LogP contribution in [0.4, 0.5) is 4.39 Å². The molecule has 0 aliphatic carbocycles.